The normalized spacial score (nSPS) is 23.7. The van der Waals surface area contributed by atoms with Crippen molar-refractivity contribution in [2.45, 2.75) is 56.1 Å². The van der Waals surface area contributed by atoms with Crippen LogP contribution in [0, 0.1) is 0 Å². The summed E-state index contributed by atoms with van der Waals surface area (Å²) in [6, 6.07) is 19.6. The van der Waals surface area contributed by atoms with E-state index >= 15 is 4.39 Å². The first-order chi connectivity index (χ1) is 17.2. The molecule has 0 aliphatic carbocycles. The van der Waals surface area contributed by atoms with E-state index in [1.807, 2.05) is 60.7 Å². The van der Waals surface area contributed by atoms with Crippen LogP contribution in [0.15, 0.2) is 73.3 Å². The number of rotatable bonds is 5. The van der Waals surface area contributed by atoms with Crippen LogP contribution in [-0.4, -0.2) is 61.9 Å². The van der Waals surface area contributed by atoms with Crippen LogP contribution < -0.4 is 16.1 Å². The molecular weight excluding hydrogens is 477 g/mol. The van der Waals surface area contributed by atoms with Gasteiger partial charge < -0.3 is 20.7 Å². The third-order valence-corrected chi connectivity index (χ3v) is 13.4. The topological polar surface area (TPSA) is 119 Å². The number of aromatic nitrogens is 4. The number of anilines is 1. The van der Waals surface area contributed by atoms with Crippen molar-refractivity contribution in [1.29, 1.82) is 0 Å². The summed E-state index contributed by atoms with van der Waals surface area (Å²) in [6.07, 6.45) is -3.18. The summed E-state index contributed by atoms with van der Waals surface area (Å²) in [7, 11) is -3.13. The summed E-state index contributed by atoms with van der Waals surface area (Å²) in [5, 5.41) is 24.8. The zero-order chi connectivity index (χ0) is 25.7. The predicted octanol–water partition coefficient (Wildman–Crippen LogP) is 1.97. The average molecular weight is 508 g/mol. The fourth-order valence-corrected chi connectivity index (χ4v) is 11.5. The fourth-order valence-electron chi connectivity index (χ4n) is 5.67. The molecule has 4 N–H and O–H groups in total. The maximum atomic E-state index is 15.7. The van der Waals surface area contributed by atoms with E-state index in [0.717, 1.165) is 10.4 Å². The minimum Gasteiger partial charge on any atom is -0.393 e. The molecule has 0 radical (unpaired) electrons. The molecule has 5 atom stereocenters. The molecule has 0 spiro atoms. The molecule has 2 aromatic heterocycles. The van der Waals surface area contributed by atoms with Crippen molar-refractivity contribution in [1.82, 2.24) is 19.5 Å². The Morgan fingerprint density at radius 3 is 2.14 bits per heavy atom. The first-order valence-electron chi connectivity index (χ1n) is 11.9. The Hall–Kier alpha value is -3.18. The summed E-state index contributed by atoms with van der Waals surface area (Å²) in [4.78, 5) is 12.3. The number of imidazole rings is 1. The van der Waals surface area contributed by atoms with Gasteiger partial charge >= 0.3 is 0 Å². The van der Waals surface area contributed by atoms with Crippen LogP contribution in [0.1, 0.15) is 27.0 Å². The molecule has 0 saturated carbocycles. The molecule has 8 nitrogen and oxygen atoms in total. The van der Waals surface area contributed by atoms with Crippen LogP contribution in [-0.2, 0) is 4.74 Å². The molecule has 1 aliphatic heterocycles. The first-order valence-corrected chi connectivity index (χ1v) is 14.0. The fraction of sp³-hybridized carbons (Fsp3) is 0.346. The molecule has 1 saturated heterocycles. The van der Waals surface area contributed by atoms with Gasteiger partial charge in [-0.15, -0.1) is 0 Å². The van der Waals surface area contributed by atoms with Gasteiger partial charge in [0.2, 0.25) is 0 Å². The van der Waals surface area contributed by atoms with Crippen molar-refractivity contribution >= 4 is 35.4 Å². The van der Waals surface area contributed by atoms with Crippen LogP contribution in [0.4, 0.5) is 10.2 Å². The van der Waals surface area contributed by atoms with Gasteiger partial charge in [0.1, 0.15) is 24.1 Å². The Morgan fingerprint density at radius 1 is 1.00 bits per heavy atom. The van der Waals surface area contributed by atoms with Gasteiger partial charge in [0, 0.05) is 0 Å². The number of nitrogens with two attached hydrogens (primary N) is 1. The quantitative estimate of drug-likeness (QED) is 0.353. The molecule has 0 amide bonds. The number of halogens is 1. The van der Waals surface area contributed by atoms with Gasteiger partial charge in [-0.3, -0.25) is 4.57 Å². The number of benzene rings is 2. The van der Waals surface area contributed by atoms with Gasteiger partial charge in [0.05, 0.1) is 12.1 Å². The molecule has 5 rings (SSSR count). The highest BCUT2D eigenvalue weighted by Crippen LogP contribution is 2.43. The SMILES string of the molecule is CC(C)(C)[Si](c1ccccc1)(c1ccccc1)C(O)[C@H]1O[C@@H](n2cnc3c(N)ncnc32)[C@H](F)[C@@H]1O. The molecule has 4 aromatic rings. The summed E-state index contributed by atoms with van der Waals surface area (Å²) in [5.74, 6) is 0.164. The van der Waals surface area contributed by atoms with Gasteiger partial charge in [-0.1, -0.05) is 91.8 Å². The molecule has 188 valence electrons. The third-order valence-electron chi connectivity index (χ3n) is 7.29. The Bertz CT molecular complexity index is 1310. The minimum absolute atomic E-state index is 0.164. The van der Waals surface area contributed by atoms with Crippen molar-refractivity contribution < 1.29 is 19.3 Å². The zero-order valence-corrected chi connectivity index (χ0v) is 21.4. The number of nitrogen functional groups attached to an aromatic ring is 1. The third kappa shape index (κ3) is 3.64. The lowest BCUT2D eigenvalue weighted by Gasteiger charge is -2.48. The van der Waals surface area contributed by atoms with E-state index in [-0.39, 0.29) is 5.82 Å². The number of fused-ring (bicyclic) bond motifs is 1. The Balaban J connectivity index is 1.63. The van der Waals surface area contributed by atoms with Crippen LogP contribution in [0.5, 0.6) is 0 Å². The summed E-state index contributed by atoms with van der Waals surface area (Å²) >= 11 is 0. The molecule has 0 bridgehead atoms. The van der Waals surface area contributed by atoms with E-state index in [0.29, 0.717) is 11.2 Å². The van der Waals surface area contributed by atoms with Crippen molar-refractivity contribution in [3.05, 3.63) is 73.3 Å². The summed E-state index contributed by atoms with van der Waals surface area (Å²) in [6.45, 7) is 6.24. The standard InChI is InChI=1S/C26H30FN5O3Si/c1-26(2,3)36(16-10-6-4-7-11-16,17-12-8-5-9-13-17)25(34)21-20(33)18(27)24(35-21)32-15-31-19-22(28)29-14-30-23(19)32/h4-15,18,20-21,24-25,33-34H,1-3H3,(H2,28,29,30)/t18-,20+,21+,24-,25?/m1/s1. The van der Waals surface area contributed by atoms with E-state index in [1.54, 1.807) is 0 Å². The summed E-state index contributed by atoms with van der Waals surface area (Å²) < 4.78 is 23.2. The van der Waals surface area contributed by atoms with Gasteiger partial charge in [-0.25, -0.2) is 19.3 Å². The number of aliphatic hydroxyl groups is 2. The van der Waals surface area contributed by atoms with Crippen molar-refractivity contribution in [2.24, 2.45) is 0 Å². The molecule has 2 aromatic carbocycles. The van der Waals surface area contributed by atoms with Crippen LogP contribution in [0.3, 0.4) is 0 Å². The molecule has 1 aliphatic rings. The number of alkyl halides is 1. The Morgan fingerprint density at radius 2 is 1.58 bits per heavy atom. The number of nitrogens with zero attached hydrogens (tertiary/aromatic N) is 4. The molecule has 36 heavy (non-hydrogen) atoms. The highest BCUT2D eigenvalue weighted by molar-refractivity contribution is 7.05. The molecule has 1 unspecified atom stereocenters. The maximum Gasteiger partial charge on any atom is 0.173 e. The largest absolute Gasteiger partial charge is 0.393 e. The highest BCUT2D eigenvalue weighted by atomic mass is 28.3. The summed E-state index contributed by atoms with van der Waals surface area (Å²) in [5.41, 5.74) is 5.34. The molecule has 1 fully saturated rings. The number of hydrogen-bond donors (Lipinski definition) is 3. The lowest BCUT2D eigenvalue weighted by Crippen LogP contribution is -2.75. The highest BCUT2D eigenvalue weighted by Gasteiger charge is 2.60. The number of ether oxygens (including phenoxy) is 1. The van der Waals surface area contributed by atoms with Crippen LogP contribution in [0.2, 0.25) is 5.04 Å². The molecular formula is C26H30FN5O3Si. The Kier molecular flexibility index (Phi) is 6.15. The lowest BCUT2D eigenvalue weighted by molar-refractivity contribution is -0.0614. The average Bonchev–Trinajstić information content (AvgIpc) is 3.42. The minimum atomic E-state index is -3.13. The monoisotopic (exact) mass is 507 g/mol. The smallest absolute Gasteiger partial charge is 0.173 e. The second-order valence-electron chi connectivity index (χ2n) is 10.2. The van der Waals surface area contributed by atoms with Gasteiger partial charge in [0.15, 0.2) is 31.9 Å². The van der Waals surface area contributed by atoms with Crippen molar-refractivity contribution in [3.8, 4) is 0 Å². The van der Waals surface area contributed by atoms with E-state index < -0.39 is 43.4 Å². The number of hydrogen-bond acceptors (Lipinski definition) is 7. The molecule has 3 heterocycles. The van der Waals surface area contributed by atoms with E-state index in [1.165, 1.54) is 17.2 Å². The van der Waals surface area contributed by atoms with Gasteiger partial charge in [-0.05, 0) is 5.04 Å². The van der Waals surface area contributed by atoms with Gasteiger partial charge in [-0.2, -0.15) is 0 Å². The predicted molar refractivity (Wildman–Crippen MR) is 138 cm³/mol. The zero-order valence-electron chi connectivity index (χ0n) is 20.4. The number of aliphatic hydroxyl groups excluding tert-OH is 2. The van der Waals surface area contributed by atoms with Crippen LogP contribution in [0.25, 0.3) is 11.2 Å². The second kappa shape index (κ2) is 9.04. The second-order valence-corrected chi connectivity index (χ2v) is 15.1. The van der Waals surface area contributed by atoms with Crippen LogP contribution >= 0.6 is 0 Å². The van der Waals surface area contributed by atoms with Gasteiger partial charge in [0.25, 0.3) is 0 Å². The van der Waals surface area contributed by atoms with E-state index in [4.69, 9.17) is 10.5 Å². The lowest BCUT2D eigenvalue weighted by atomic mass is 10.1. The van der Waals surface area contributed by atoms with E-state index in [9.17, 15) is 10.2 Å². The molecule has 10 heteroatoms. The van der Waals surface area contributed by atoms with Crippen molar-refractivity contribution in [3.63, 3.8) is 0 Å². The van der Waals surface area contributed by atoms with Crippen molar-refractivity contribution in [2.75, 3.05) is 5.73 Å². The first kappa shape index (κ1) is 24.5. The van der Waals surface area contributed by atoms with E-state index in [2.05, 4.69) is 35.7 Å². The maximum absolute atomic E-state index is 15.7. The Labute approximate surface area is 209 Å².